The largest absolute Gasteiger partial charge is 0.348 e. The van der Waals surface area contributed by atoms with E-state index in [0.29, 0.717) is 10.7 Å². The molecule has 0 radical (unpaired) electrons. The Morgan fingerprint density at radius 2 is 1.55 bits per heavy atom. The summed E-state index contributed by atoms with van der Waals surface area (Å²) < 4.78 is 26.2. The van der Waals surface area contributed by atoms with Crippen LogP contribution in [0.1, 0.15) is 47.7 Å². The van der Waals surface area contributed by atoms with Gasteiger partial charge >= 0.3 is 0 Å². The van der Waals surface area contributed by atoms with Gasteiger partial charge in [-0.3, -0.25) is 9.10 Å². The van der Waals surface area contributed by atoms with Crippen molar-refractivity contribution in [2.45, 2.75) is 53.6 Å². The lowest BCUT2D eigenvalue weighted by Crippen LogP contribution is -2.48. The average Bonchev–Trinajstić information content (AvgIpc) is 2.59. The molecule has 0 aliphatic carbocycles. The molecule has 0 aromatic heterocycles. The van der Waals surface area contributed by atoms with Gasteiger partial charge in [-0.2, -0.15) is 0 Å². The lowest BCUT2D eigenvalue weighted by molar-refractivity contribution is -0.122. The molecule has 2 rings (SSSR count). The minimum atomic E-state index is -3.71. The van der Waals surface area contributed by atoms with Gasteiger partial charge in [-0.05, 0) is 81.5 Å². The van der Waals surface area contributed by atoms with Crippen LogP contribution in [-0.4, -0.2) is 26.6 Å². The molecule has 0 unspecified atom stereocenters. The monoisotopic (exact) mass is 436 g/mol. The van der Waals surface area contributed by atoms with Crippen molar-refractivity contribution >= 4 is 33.2 Å². The second-order valence-electron chi connectivity index (χ2n) is 7.69. The van der Waals surface area contributed by atoms with E-state index in [1.54, 1.807) is 32.0 Å². The Labute approximate surface area is 179 Å². The van der Waals surface area contributed by atoms with Crippen LogP contribution in [0.5, 0.6) is 0 Å². The van der Waals surface area contributed by atoms with Gasteiger partial charge in [0.2, 0.25) is 15.9 Å². The van der Waals surface area contributed by atoms with E-state index in [4.69, 9.17) is 11.6 Å². The number of sulfonamides is 1. The van der Waals surface area contributed by atoms with E-state index in [9.17, 15) is 13.2 Å². The zero-order valence-electron chi connectivity index (χ0n) is 18.0. The summed E-state index contributed by atoms with van der Waals surface area (Å²) in [6, 6.07) is 7.96. The van der Waals surface area contributed by atoms with Gasteiger partial charge < -0.3 is 5.32 Å². The van der Waals surface area contributed by atoms with Crippen molar-refractivity contribution < 1.29 is 13.2 Å². The van der Waals surface area contributed by atoms with Crippen molar-refractivity contribution in [2.75, 3.05) is 10.6 Å². The van der Waals surface area contributed by atoms with Crippen LogP contribution in [0.2, 0.25) is 5.02 Å². The number of hydrogen-bond donors (Lipinski definition) is 1. The van der Waals surface area contributed by atoms with Gasteiger partial charge in [0.15, 0.2) is 0 Å². The van der Waals surface area contributed by atoms with Crippen molar-refractivity contribution in [3.8, 4) is 0 Å². The molecule has 1 N–H and O–H groups in total. The molecule has 29 heavy (non-hydrogen) atoms. The first kappa shape index (κ1) is 23.2. The Balaban J connectivity index is 2.35. The second-order valence-corrected chi connectivity index (χ2v) is 9.98. The third kappa shape index (κ3) is 5.31. The van der Waals surface area contributed by atoms with Gasteiger partial charge in [0, 0.05) is 5.02 Å². The van der Waals surface area contributed by atoms with E-state index < -0.39 is 16.1 Å². The quantitative estimate of drug-likeness (QED) is 0.719. The molecule has 0 aliphatic rings. The highest BCUT2D eigenvalue weighted by atomic mass is 35.5. The number of rotatable bonds is 6. The zero-order valence-corrected chi connectivity index (χ0v) is 19.6. The first-order valence-corrected chi connectivity index (χ1v) is 11.7. The van der Waals surface area contributed by atoms with Gasteiger partial charge in [0.25, 0.3) is 0 Å². The molecule has 0 saturated carbocycles. The van der Waals surface area contributed by atoms with E-state index in [2.05, 4.69) is 24.4 Å². The molecule has 0 heterocycles. The maximum Gasteiger partial charge on any atom is 0.244 e. The molecule has 158 valence electrons. The Hall–Kier alpha value is -2.05. The minimum Gasteiger partial charge on any atom is -0.348 e. The summed E-state index contributed by atoms with van der Waals surface area (Å²) in [6.45, 7) is 11.4. The van der Waals surface area contributed by atoms with Crippen LogP contribution >= 0.6 is 11.6 Å². The molecule has 1 amide bonds. The van der Waals surface area contributed by atoms with Crippen LogP contribution in [0.15, 0.2) is 30.3 Å². The summed E-state index contributed by atoms with van der Waals surface area (Å²) in [5.41, 5.74) is 5.55. The normalized spacial score (nSPS) is 13.7. The molecule has 0 aliphatic heterocycles. The van der Waals surface area contributed by atoms with Crippen LogP contribution in [-0.2, 0) is 14.8 Å². The van der Waals surface area contributed by atoms with Gasteiger partial charge in [0.05, 0.1) is 18.0 Å². The SMILES string of the molecule is Cc1cc(C)c([C@@H](C)NC(=O)[C@H](C)N(c2cc(Cl)ccc2C)S(C)(=O)=O)cc1C. The molecule has 0 fully saturated rings. The molecule has 0 saturated heterocycles. The number of nitrogens with zero attached hydrogens (tertiary/aromatic N) is 1. The summed E-state index contributed by atoms with van der Waals surface area (Å²) in [4.78, 5) is 13.0. The van der Waals surface area contributed by atoms with E-state index >= 15 is 0 Å². The number of carbonyl (C=O) groups excluding carboxylic acids is 1. The van der Waals surface area contributed by atoms with Crippen LogP contribution in [0.4, 0.5) is 5.69 Å². The summed E-state index contributed by atoms with van der Waals surface area (Å²) in [5, 5.41) is 3.37. The van der Waals surface area contributed by atoms with Crippen molar-refractivity contribution in [2.24, 2.45) is 0 Å². The fourth-order valence-electron chi connectivity index (χ4n) is 3.46. The fraction of sp³-hybridized carbons (Fsp3) is 0.409. The Morgan fingerprint density at radius 3 is 2.14 bits per heavy atom. The highest BCUT2D eigenvalue weighted by Gasteiger charge is 2.31. The van der Waals surface area contributed by atoms with Crippen molar-refractivity contribution in [1.29, 1.82) is 0 Å². The maximum atomic E-state index is 13.0. The molecule has 5 nitrogen and oxygen atoms in total. The highest BCUT2D eigenvalue weighted by molar-refractivity contribution is 7.92. The molecular weight excluding hydrogens is 408 g/mol. The van der Waals surface area contributed by atoms with Crippen molar-refractivity contribution in [1.82, 2.24) is 5.32 Å². The van der Waals surface area contributed by atoms with Crippen LogP contribution in [0.3, 0.4) is 0 Å². The standard InChI is InChI=1S/C22H29ClN2O3S/c1-13-8-9-19(23)12-21(13)25(29(7,27)28)18(6)22(26)24-17(5)20-11-15(3)14(2)10-16(20)4/h8-12,17-18H,1-7H3,(H,24,26)/t17-,18+/m1/s1. The van der Waals surface area contributed by atoms with Crippen LogP contribution < -0.4 is 9.62 Å². The summed E-state index contributed by atoms with van der Waals surface area (Å²) in [5.74, 6) is -0.375. The average molecular weight is 437 g/mol. The molecule has 7 heteroatoms. The molecule has 2 atom stereocenters. The fourth-order valence-corrected chi connectivity index (χ4v) is 4.85. The number of hydrogen-bond acceptors (Lipinski definition) is 3. The Morgan fingerprint density at radius 1 is 0.966 bits per heavy atom. The van der Waals surface area contributed by atoms with Crippen LogP contribution in [0.25, 0.3) is 0 Å². The third-order valence-electron chi connectivity index (χ3n) is 5.20. The zero-order chi connectivity index (χ0) is 22.1. The lowest BCUT2D eigenvalue weighted by Gasteiger charge is -2.30. The smallest absolute Gasteiger partial charge is 0.244 e. The summed E-state index contributed by atoms with van der Waals surface area (Å²) in [7, 11) is -3.71. The van der Waals surface area contributed by atoms with E-state index in [0.717, 1.165) is 32.8 Å². The number of nitrogens with one attached hydrogen (secondary N) is 1. The Bertz CT molecular complexity index is 1030. The number of benzene rings is 2. The number of anilines is 1. The van der Waals surface area contributed by atoms with Gasteiger partial charge in [-0.15, -0.1) is 0 Å². The third-order valence-corrected chi connectivity index (χ3v) is 6.67. The van der Waals surface area contributed by atoms with E-state index in [1.165, 1.54) is 5.56 Å². The maximum absolute atomic E-state index is 13.0. The number of aryl methyl sites for hydroxylation is 4. The highest BCUT2D eigenvalue weighted by Crippen LogP contribution is 2.29. The topological polar surface area (TPSA) is 66.5 Å². The van der Waals surface area contributed by atoms with E-state index in [-0.39, 0.29) is 11.9 Å². The number of halogens is 1. The summed E-state index contributed by atoms with van der Waals surface area (Å²) in [6.07, 6.45) is 1.09. The predicted molar refractivity (Wildman–Crippen MR) is 120 cm³/mol. The first-order chi connectivity index (χ1) is 13.3. The molecule has 2 aromatic carbocycles. The van der Waals surface area contributed by atoms with Gasteiger partial charge in [-0.1, -0.05) is 29.8 Å². The van der Waals surface area contributed by atoms with Gasteiger partial charge in [-0.25, -0.2) is 8.42 Å². The second kappa shape index (κ2) is 8.76. The molecule has 0 bridgehead atoms. The predicted octanol–water partition coefficient (Wildman–Crippen LogP) is 4.61. The Kier molecular flexibility index (Phi) is 7.01. The molecule has 2 aromatic rings. The van der Waals surface area contributed by atoms with Crippen LogP contribution in [0, 0.1) is 27.7 Å². The minimum absolute atomic E-state index is 0.258. The lowest BCUT2D eigenvalue weighted by atomic mass is 9.96. The van der Waals surface area contributed by atoms with Crippen molar-refractivity contribution in [3.05, 3.63) is 63.2 Å². The van der Waals surface area contributed by atoms with Gasteiger partial charge in [0.1, 0.15) is 6.04 Å². The molecule has 0 spiro atoms. The summed E-state index contributed by atoms with van der Waals surface area (Å²) >= 11 is 6.08. The number of amides is 1. The number of carbonyl (C=O) groups is 1. The van der Waals surface area contributed by atoms with Crippen molar-refractivity contribution in [3.63, 3.8) is 0 Å². The first-order valence-electron chi connectivity index (χ1n) is 9.46. The molecular formula is C22H29ClN2O3S. The van der Waals surface area contributed by atoms with E-state index in [1.807, 2.05) is 20.8 Å².